The molecule has 2 saturated heterocycles. The lowest BCUT2D eigenvalue weighted by atomic mass is 9.98. The molecule has 152 valence electrons. The summed E-state index contributed by atoms with van der Waals surface area (Å²) in [6.07, 6.45) is 5.72. The Labute approximate surface area is 176 Å². The van der Waals surface area contributed by atoms with E-state index in [9.17, 15) is 4.79 Å². The van der Waals surface area contributed by atoms with Crippen LogP contribution in [0.4, 0.5) is 0 Å². The van der Waals surface area contributed by atoms with Gasteiger partial charge in [-0.3, -0.25) is 9.79 Å². The molecule has 2 rings (SSSR count). The molecule has 0 radical (unpaired) electrons. The van der Waals surface area contributed by atoms with Crippen molar-refractivity contribution in [2.75, 3.05) is 52.9 Å². The molecule has 7 heteroatoms. The van der Waals surface area contributed by atoms with E-state index in [1.807, 2.05) is 14.0 Å². The maximum atomic E-state index is 12.0. The van der Waals surface area contributed by atoms with Gasteiger partial charge in [0.05, 0.1) is 12.5 Å². The zero-order valence-corrected chi connectivity index (χ0v) is 19.0. The minimum Gasteiger partial charge on any atom is -0.466 e. The zero-order valence-electron chi connectivity index (χ0n) is 16.7. The molecule has 2 heterocycles. The van der Waals surface area contributed by atoms with E-state index < -0.39 is 0 Å². The van der Waals surface area contributed by atoms with E-state index in [2.05, 4.69) is 27.0 Å². The van der Waals surface area contributed by atoms with E-state index in [4.69, 9.17) is 4.74 Å². The van der Waals surface area contributed by atoms with E-state index in [0.29, 0.717) is 13.2 Å². The number of piperidine rings is 2. The Morgan fingerprint density at radius 1 is 1.23 bits per heavy atom. The van der Waals surface area contributed by atoms with Crippen molar-refractivity contribution in [2.45, 2.75) is 46.0 Å². The van der Waals surface area contributed by atoms with Gasteiger partial charge in [0.25, 0.3) is 0 Å². The Morgan fingerprint density at radius 3 is 2.62 bits per heavy atom. The topological polar surface area (TPSA) is 57.2 Å². The second kappa shape index (κ2) is 12.8. The molecule has 1 unspecified atom stereocenters. The molecule has 1 atom stereocenters. The highest BCUT2D eigenvalue weighted by Gasteiger charge is 2.28. The Kier molecular flexibility index (Phi) is 11.5. The molecular weight excluding hydrogens is 443 g/mol. The highest BCUT2D eigenvalue weighted by atomic mass is 127. The number of ether oxygens (including phenoxy) is 1. The van der Waals surface area contributed by atoms with Crippen LogP contribution in [0.2, 0.25) is 0 Å². The molecule has 6 nitrogen and oxygen atoms in total. The van der Waals surface area contributed by atoms with Crippen molar-refractivity contribution in [1.29, 1.82) is 0 Å². The van der Waals surface area contributed by atoms with Crippen LogP contribution < -0.4 is 5.32 Å². The van der Waals surface area contributed by atoms with Crippen LogP contribution in [0.5, 0.6) is 0 Å². The van der Waals surface area contributed by atoms with Gasteiger partial charge in [-0.05, 0) is 64.6 Å². The van der Waals surface area contributed by atoms with Gasteiger partial charge in [0.1, 0.15) is 0 Å². The number of guanidine groups is 1. The number of hydrogen-bond donors (Lipinski definition) is 1. The molecule has 0 aromatic rings. The van der Waals surface area contributed by atoms with Crippen molar-refractivity contribution >= 4 is 35.9 Å². The van der Waals surface area contributed by atoms with E-state index in [1.165, 1.54) is 25.9 Å². The summed E-state index contributed by atoms with van der Waals surface area (Å²) in [4.78, 5) is 21.2. The Morgan fingerprint density at radius 2 is 1.96 bits per heavy atom. The molecule has 2 aliphatic heterocycles. The van der Waals surface area contributed by atoms with Crippen LogP contribution in [0.1, 0.15) is 46.0 Å². The van der Waals surface area contributed by atoms with Crippen molar-refractivity contribution in [1.82, 2.24) is 15.1 Å². The van der Waals surface area contributed by atoms with Crippen LogP contribution in [-0.4, -0.2) is 74.7 Å². The highest BCUT2D eigenvalue weighted by molar-refractivity contribution is 14.0. The van der Waals surface area contributed by atoms with Gasteiger partial charge in [0, 0.05) is 26.7 Å². The normalized spacial score (nSPS) is 22.7. The summed E-state index contributed by atoms with van der Waals surface area (Å²) in [5.74, 6) is 1.71. The predicted octanol–water partition coefficient (Wildman–Crippen LogP) is 2.58. The van der Waals surface area contributed by atoms with Crippen LogP contribution in [-0.2, 0) is 9.53 Å². The molecule has 1 N–H and O–H groups in total. The van der Waals surface area contributed by atoms with E-state index in [0.717, 1.165) is 50.8 Å². The number of hydrogen-bond acceptors (Lipinski definition) is 4. The summed E-state index contributed by atoms with van der Waals surface area (Å²) in [5, 5.41) is 3.48. The number of carbonyl (C=O) groups excluding carboxylic acids is 1. The summed E-state index contributed by atoms with van der Waals surface area (Å²) < 4.78 is 5.18. The number of rotatable bonds is 6. The number of aliphatic imine (C=N–C) groups is 1. The first kappa shape index (κ1) is 23.5. The maximum Gasteiger partial charge on any atom is 0.310 e. The Bertz CT molecular complexity index is 439. The van der Waals surface area contributed by atoms with Crippen LogP contribution in [0.3, 0.4) is 0 Å². The fourth-order valence-corrected chi connectivity index (χ4v) is 3.74. The summed E-state index contributed by atoms with van der Waals surface area (Å²) in [5.41, 5.74) is 0. The van der Waals surface area contributed by atoms with Crippen LogP contribution in [0, 0.1) is 11.8 Å². The monoisotopic (exact) mass is 480 g/mol. The zero-order chi connectivity index (χ0) is 18.1. The summed E-state index contributed by atoms with van der Waals surface area (Å²) in [7, 11) is 1.82. The molecule has 0 aromatic heterocycles. The largest absolute Gasteiger partial charge is 0.466 e. The molecular formula is C19H37IN4O2. The molecule has 0 spiro atoms. The van der Waals surface area contributed by atoms with Crippen molar-refractivity contribution in [3.63, 3.8) is 0 Å². The van der Waals surface area contributed by atoms with Crippen LogP contribution >= 0.6 is 24.0 Å². The molecule has 2 aliphatic rings. The number of halogens is 1. The molecule has 0 saturated carbocycles. The minimum absolute atomic E-state index is 0. The smallest absolute Gasteiger partial charge is 0.310 e. The lowest BCUT2D eigenvalue weighted by Gasteiger charge is -2.34. The van der Waals surface area contributed by atoms with Crippen molar-refractivity contribution in [3.8, 4) is 0 Å². The molecule has 0 amide bonds. The van der Waals surface area contributed by atoms with E-state index >= 15 is 0 Å². The number of likely N-dealkylation sites (tertiary alicyclic amines) is 2. The van der Waals surface area contributed by atoms with Gasteiger partial charge >= 0.3 is 5.97 Å². The fourth-order valence-electron chi connectivity index (χ4n) is 3.74. The van der Waals surface area contributed by atoms with E-state index in [-0.39, 0.29) is 35.9 Å². The summed E-state index contributed by atoms with van der Waals surface area (Å²) in [6, 6.07) is 0. The Hall–Kier alpha value is -0.570. The van der Waals surface area contributed by atoms with Gasteiger partial charge in [-0.1, -0.05) is 6.92 Å². The second-order valence-electron chi connectivity index (χ2n) is 7.39. The number of nitrogens with zero attached hydrogens (tertiary/aromatic N) is 3. The third-order valence-corrected chi connectivity index (χ3v) is 5.36. The van der Waals surface area contributed by atoms with Gasteiger partial charge in [0.15, 0.2) is 5.96 Å². The Balaban J connectivity index is 0.00000338. The molecule has 0 aromatic carbocycles. The average molecular weight is 480 g/mol. The number of carbonyl (C=O) groups is 1. The SMILES string of the molecule is CCOC(=O)C1CCCN(C(=NC)NCCCN2CCC(C)CC2)C1.I. The van der Waals surface area contributed by atoms with Crippen molar-refractivity contribution < 1.29 is 9.53 Å². The van der Waals surface area contributed by atoms with Crippen molar-refractivity contribution in [3.05, 3.63) is 0 Å². The molecule has 0 bridgehead atoms. The van der Waals surface area contributed by atoms with Crippen LogP contribution in [0.15, 0.2) is 4.99 Å². The lowest BCUT2D eigenvalue weighted by molar-refractivity contribution is -0.149. The molecule has 26 heavy (non-hydrogen) atoms. The first-order valence-electron chi connectivity index (χ1n) is 9.98. The molecule has 2 fully saturated rings. The third-order valence-electron chi connectivity index (χ3n) is 5.36. The second-order valence-corrected chi connectivity index (χ2v) is 7.39. The summed E-state index contributed by atoms with van der Waals surface area (Å²) >= 11 is 0. The predicted molar refractivity (Wildman–Crippen MR) is 117 cm³/mol. The molecule has 0 aliphatic carbocycles. The quantitative estimate of drug-likeness (QED) is 0.208. The first-order chi connectivity index (χ1) is 12.1. The first-order valence-corrected chi connectivity index (χ1v) is 9.98. The maximum absolute atomic E-state index is 12.0. The van der Waals surface area contributed by atoms with Gasteiger partial charge < -0.3 is 19.9 Å². The number of nitrogens with one attached hydrogen (secondary N) is 1. The van der Waals surface area contributed by atoms with Gasteiger partial charge in [-0.15, -0.1) is 24.0 Å². The van der Waals surface area contributed by atoms with E-state index in [1.54, 1.807) is 0 Å². The summed E-state index contributed by atoms with van der Waals surface area (Å²) in [6.45, 7) is 10.9. The minimum atomic E-state index is -0.0676. The number of esters is 1. The fraction of sp³-hybridized carbons (Fsp3) is 0.895. The third kappa shape index (κ3) is 7.58. The lowest BCUT2D eigenvalue weighted by Crippen LogP contribution is -2.48. The van der Waals surface area contributed by atoms with Crippen molar-refractivity contribution in [2.24, 2.45) is 16.8 Å². The average Bonchev–Trinajstić information content (AvgIpc) is 2.63. The van der Waals surface area contributed by atoms with Gasteiger partial charge in [-0.25, -0.2) is 0 Å². The standard InChI is InChI=1S/C19H36N4O2.HI/c1-4-25-18(24)17-7-5-12-23(15-17)19(20-3)21-10-6-11-22-13-8-16(2)9-14-22;/h16-17H,4-15H2,1-3H3,(H,20,21);1H. The highest BCUT2D eigenvalue weighted by Crippen LogP contribution is 2.18. The van der Waals surface area contributed by atoms with Gasteiger partial charge in [0.2, 0.25) is 0 Å². The van der Waals surface area contributed by atoms with Crippen LogP contribution in [0.25, 0.3) is 0 Å². The van der Waals surface area contributed by atoms with Gasteiger partial charge in [-0.2, -0.15) is 0 Å².